The molecule has 0 aliphatic carbocycles. The van der Waals surface area contributed by atoms with E-state index in [2.05, 4.69) is 19.5 Å². The number of imidazole rings is 1. The van der Waals surface area contributed by atoms with Crippen LogP contribution in [-0.4, -0.2) is 70.2 Å². The molecule has 0 saturated carbocycles. The number of hydrogen-bond acceptors (Lipinski definition) is 9. The van der Waals surface area contributed by atoms with Gasteiger partial charge in [-0.15, -0.1) is 0 Å². The number of fused-ring (bicyclic) bond motifs is 1. The molecule has 1 aliphatic rings. The van der Waals surface area contributed by atoms with E-state index in [1.807, 2.05) is 30.3 Å². The van der Waals surface area contributed by atoms with Crippen molar-refractivity contribution in [3.8, 4) is 5.88 Å². The zero-order valence-corrected chi connectivity index (χ0v) is 20.2. The molecule has 1 unspecified atom stereocenters. The zero-order chi connectivity index (χ0) is 25.4. The Kier molecular flexibility index (Phi) is 7.58. The molecule has 4 N–H and O–H groups in total. The van der Waals surface area contributed by atoms with Gasteiger partial charge in [-0.25, -0.2) is 9.37 Å². The fourth-order valence-electron chi connectivity index (χ4n) is 3.41. The molecule has 0 spiro atoms. The molecule has 35 heavy (non-hydrogen) atoms. The highest BCUT2D eigenvalue weighted by Gasteiger charge is 2.47. The molecular formula is C18H20ClFN4O9P2. The third-order valence-corrected chi connectivity index (χ3v) is 8.58. The van der Waals surface area contributed by atoms with Gasteiger partial charge < -0.3 is 33.8 Å². The van der Waals surface area contributed by atoms with Crippen molar-refractivity contribution in [2.24, 2.45) is 0 Å². The van der Waals surface area contributed by atoms with E-state index in [-0.39, 0.29) is 28.9 Å². The first kappa shape index (κ1) is 26.1. The Balaban J connectivity index is 1.52. The molecule has 1 aliphatic heterocycles. The lowest BCUT2D eigenvalue weighted by Gasteiger charge is -2.18. The van der Waals surface area contributed by atoms with Crippen LogP contribution in [0.1, 0.15) is 11.8 Å². The number of halogens is 2. The third kappa shape index (κ3) is 6.23. The molecule has 17 heteroatoms. The van der Waals surface area contributed by atoms with Crippen LogP contribution >= 0.6 is 26.8 Å². The summed E-state index contributed by atoms with van der Waals surface area (Å²) >= 11 is 6.02. The normalized spacial score (nSPS) is 24.5. The Bertz CT molecular complexity index is 1290. The van der Waals surface area contributed by atoms with Crippen molar-refractivity contribution in [1.82, 2.24) is 19.5 Å². The average Bonchev–Trinajstić information content (AvgIpc) is 3.31. The van der Waals surface area contributed by atoms with Crippen LogP contribution in [0.5, 0.6) is 5.88 Å². The lowest BCUT2D eigenvalue weighted by molar-refractivity contribution is -0.0425. The number of hydrogen-bond donors (Lipinski definition) is 4. The van der Waals surface area contributed by atoms with E-state index in [1.165, 1.54) is 6.33 Å². The van der Waals surface area contributed by atoms with Gasteiger partial charge in [-0.1, -0.05) is 30.3 Å². The van der Waals surface area contributed by atoms with Gasteiger partial charge in [0.25, 0.3) is 0 Å². The number of benzene rings is 1. The minimum absolute atomic E-state index is 0.0371. The van der Waals surface area contributed by atoms with Crippen molar-refractivity contribution in [1.29, 1.82) is 0 Å². The van der Waals surface area contributed by atoms with Crippen molar-refractivity contribution < 1.29 is 47.3 Å². The van der Waals surface area contributed by atoms with Gasteiger partial charge in [0.05, 0.1) is 12.9 Å². The van der Waals surface area contributed by atoms with Crippen molar-refractivity contribution in [3.05, 3.63) is 47.5 Å². The van der Waals surface area contributed by atoms with E-state index < -0.39 is 52.3 Å². The first-order chi connectivity index (χ1) is 16.4. The molecule has 0 bridgehead atoms. The minimum atomic E-state index is -4.86. The second-order valence-electron chi connectivity index (χ2n) is 7.64. The second kappa shape index (κ2) is 10.2. The van der Waals surface area contributed by atoms with Gasteiger partial charge in [-0.2, -0.15) is 9.97 Å². The SMILES string of the molecule is O=P(O)(O)CP(=O)(O)OC[C@H]1O[C@@H](n2cnc3c(OCc4ccccc4)nc(Cl)nc32)[C@@H](F)[C@@H]1O. The maximum atomic E-state index is 14.9. The molecule has 1 saturated heterocycles. The topological polar surface area (TPSA) is 186 Å². The molecule has 2 aromatic heterocycles. The third-order valence-electron chi connectivity index (χ3n) is 4.95. The predicted molar refractivity (Wildman–Crippen MR) is 119 cm³/mol. The van der Waals surface area contributed by atoms with E-state index in [0.29, 0.717) is 0 Å². The molecule has 13 nitrogen and oxygen atoms in total. The maximum Gasteiger partial charge on any atom is 0.340 e. The minimum Gasteiger partial charge on any atom is -0.471 e. The highest BCUT2D eigenvalue weighted by molar-refractivity contribution is 7.70. The van der Waals surface area contributed by atoms with Crippen LogP contribution in [-0.2, 0) is 25.0 Å². The summed E-state index contributed by atoms with van der Waals surface area (Å²) < 4.78 is 54.7. The molecule has 190 valence electrons. The molecule has 1 fully saturated rings. The lowest BCUT2D eigenvalue weighted by Crippen LogP contribution is -2.31. The molecule has 0 radical (unpaired) electrons. The molecule has 1 aromatic carbocycles. The number of aliphatic hydroxyl groups is 1. The summed E-state index contributed by atoms with van der Waals surface area (Å²) in [5.74, 6) is -1.39. The van der Waals surface area contributed by atoms with Crippen LogP contribution in [0.2, 0.25) is 5.28 Å². The van der Waals surface area contributed by atoms with Gasteiger partial charge in [0.1, 0.15) is 18.8 Å². The molecule has 4 rings (SSSR count). The summed E-state index contributed by atoms with van der Waals surface area (Å²) in [7, 11) is -9.59. The quantitative estimate of drug-likeness (QED) is 0.224. The summed E-state index contributed by atoms with van der Waals surface area (Å²) in [5, 5.41) is 10.0. The highest BCUT2D eigenvalue weighted by Crippen LogP contribution is 2.55. The van der Waals surface area contributed by atoms with E-state index >= 15 is 0 Å². The first-order valence-corrected chi connectivity index (χ1v) is 13.9. The Morgan fingerprint density at radius 1 is 1.17 bits per heavy atom. The van der Waals surface area contributed by atoms with Crippen LogP contribution in [0.4, 0.5) is 4.39 Å². The fraction of sp³-hybridized carbons (Fsp3) is 0.389. The van der Waals surface area contributed by atoms with Crippen molar-refractivity contribution in [2.75, 3.05) is 12.5 Å². The standard InChI is InChI=1S/C18H20ClFN4O9P2/c19-18-22-15-13(16(23-18)31-6-10-4-2-1-3-5-10)21-8-24(15)17-12(20)14(25)11(33-17)7-32-35(29,30)9-34(26,27)28/h1-5,8,11-12,14,17,25H,6-7,9H2,(H,29,30)(H2,26,27,28)/t11-,12+,14-,17-/m1/s1. The van der Waals surface area contributed by atoms with Gasteiger partial charge in [0, 0.05) is 0 Å². The Labute approximate surface area is 202 Å². The zero-order valence-electron chi connectivity index (χ0n) is 17.7. The molecule has 3 heterocycles. The van der Waals surface area contributed by atoms with Gasteiger partial charge in [-0.3, -0.25) is 13.7 Å². The largest absolute Gasteiger partial charge is 0.471 e. The Morgan fingerprint density at radius 2 is 1.89 bits per heavy atom. The summed E-state index contributed by atoms with van der Waals surface area (Å²) in [4.78, 5) is 39.6. The number of aliphatic hydroxyl groups excluding tert-OH is 1. The van der Waals surface area contributed by atoms with Crippen LogP contribution in [0, 0.1) is 0 Å². The van der Waals surface area contributed by atoms with E-state index in [1.54, 1.807) is 0 Å². The number of rotatable bonds is 9. The lowest BCUT2D eigenvalue weighted by atomic mass is 10.1. The highest BCUT2D eigenvalue weighted by atomic mass is 35.5. The molecular weight excluding hydrogens is 533 g/mol. The number of alkyl halides is 1. The monoisotopic (exact) mass is 552 g/mol. The number of aromatic nitrogens is 4. The van der Waals surface area contributed by atoms with Crippen LogP contribution in [0.15, 0.2) is 36.7 Å². The second-order valence-corrected chi connectivity index (χ2v) is 12.0. The number of nitrogens with zero attached hydrogens (tertiary/aromatic N) is 4. The van der Waals surface area contributed by atoms with Gasteiger partial charge in [-0.05, 0) is 17.2 Å². The van der Waals surface area contributed by atoms with Crippen LogP contribution in [0.25, 0.3) is 11.2 Å². The summed E-state index contributed by atoms with van der Waals surface area (Å²) in [6.07, 6.45) is -5.56. The van der Waals surface area contributed by atoms with Crippen molar-refractivity contribution >= 4 is 38.0 Å². The number of ether oxygens (including phenoxy) is 2. The van der Waals surface area contributed by atoms with Crippen LogP contribution in [0.3, 0.4) is 0 Å². The Morgan fingerprint density at radius 3 is 2.57 bits per heavy atom. The fourth-order valence-corrected chi connectivity index (χ4v) is 6.13. The Hall–Kier alpha value is -1.99. The molecule has 3 aromatic rings. The van der Waals surface area contributed by atoms with Gasteiger partial charge in [0.15, 0.2) is 29.5 Å². The first-order valence-electron chi connectivity index (χ1n) is 9.99. The summed E-state index contributed by atoms with van der Waals surface area (Å²) in [6.45, 7) is -0.657. The summed E-state index contributed by atoms with van der Waals surface area (Å²) in [5.41, 5.74) is 1.05. The van der Waals surface area contributed by atoms with Crippen LogP contribution < -0.4 is 4.74 Å². The van der Waals surface area contributed by atoms with Crippen molar-refractivity contribution in [2.45, 2.75) is 31.2 Å². The molecule has 0 amide bonds. The van der Waals surface area contributed by atoms with Gasteiger partial charge >= 0.3 is 15.2 Å². The van der Waals surface area contributed by atoms with E-state index in [4.69, 9.17) is 30.9 Å². The average molecular weight is 553 g/mol. The summed E-state index contributed by atoms with van der Waals surface area (Å²) in [6, 6.07) is 9.20. The smallest absolute Gasteiger partial charge is 0.340 e. The van der Waals surface area contributed by atoms with E-state index in [9.17, 15) is 23.5 Å². The van der Waals surface area contributed by atoms with Crippen molar-refractivity contribution in [3.63, 3.8) is 0 Å². The maximum absolute atomic E-state index is 14.9. The predicted octanol–water partition coefficient (Wildman–Crippen LogP) is 1.99. The molecule has 5 atom stereocenters. The van der Waals surface area contributed by atoms with E-state index in [0.717, 1.165) is 10.1 Å². The van der Waals surface area contributed by atoms with Gasteiger partial charge in [0.2, 0.25) is 11.2 Å².